The summed E-state index contributed by atoms with van der Waals surface area (Å²) >= 11 is 0. The second kappa shape index (κ2) is 8.17. The Labute approximate surface area is 154 Å². The molecule has 1 fully saturated rings. The number of methoxy groups -OCH3 is 1. The first kappa shape index (κ1) is 18.2. The highest BCUT2D eigenvalue weighted by Crippen LogP contribution is 2.25. The first-order valence-electron chi connectivity index (χ1n) is 9.10. The van der Waals surface area contributed by atoms with Gasteiger partial charge in [-0.2, -0.15) is 0 Å². The number of hydrogen-bond acceptors (Lipinski definition) is 3. The van der Waals surface area contributed by atoms with Crippen LogP contribution in [0.4, 0.5) is 0 Å². The zero-order valence-corrected chi connectivity index (χ0v) is 15.4. The van der Waals surface area contributed by atoms with E-state index < -0.39 is 0 Å². The number of carbonyl (C=O) groups is 2. The van der Waals surface area contributed by atoms with E-state index in [4.69, 9.17) is 4.74 Å². The quantitative estimate of drug-likeness (QED) is 0.789. The van der Waals surface area contributed by atoms with Gasteiger partial charge in [-0.25, -0.2) is 0 Å². The molecule has 0 radical (unpaired) electrons. The number of rotatable bonds is 4. The fraction of sp³-hybridized carbons (Fsp3) is 0.364. The van der Waals surface area contributed by atoms with Crippen LogP contribution in [-0.4, -0.2) is 36.5 Å². The van der Waals surface area contributed by atoms with Crippen LogP contribution < -0.4 is 0 Å². The average Bonchev–Trinajstić information content (AvgIpc) is 2.68. The summed E-state index contributed by atoms with van der Waals surface area (Å²) in [5, 5.41) is 0. The molecule has 26 heavy (non-hydrogen) atoms. The number of carbonyl (C=O) groups excluding carboxylic acids is 2. The zero-order valence-electron chi connectivity index (χ0n) is 15.4. The first-order chi connectivity index (χ1) is 12.6. The molecule has 2 aromatic rings. The van der Waals surface area contributed by atoms with Gasteiger partial charge in [0.1, 0.15) is 0 Å². The molecule has 1 heterocycles. The van der Waals surface area contributed by atoms with E-state index in [9.17, 15) is 9.59 Å². The smallest absolute Gasteiger partial charge is 0.310 e. The highest BCUT2D eigenvalue weighted by Gasteiger charge is 2.33. The molecule has 2 aromatic carbocycles. The number of esters is 1. The summed E-state index contributed by atoms with van der Waals surface area (Å²) in [5.41, 5.74) is 3.23. The Bertz CT molecular complexity index is 772. The first-order valence-corrected chi connectivity index (χ1v) is 9.10. The van der Waals surface area contributed by atoms with Crippen molar-refractivity contribution in [1.29, 1.82) is 0 Å². The summed E-state index contributed by atoms with van der Waals surface area (Å²) < 4.78 is 4.86. The molecule has 0 aromatic heterocycles. The zero-order chi connectivity index (χ0) is 18.5. The highest BCUT2D eigenvalue weighted by atomic mass is 16.5. The van der Waals surface area contributed by atoms with Gasteiger partial charge in [-0.15, -0.1) is 0 Å². The standard InChI is InChI=1S/C22H25NO3/c1-16-11-12-20(22(25)26-2)15-23(16)21(24)14-17-7-6-10-19(13-17)18-8-4-3-5-9-18/h3-10,13,16,20H,11-12,14-15H2,1-2H3/t16-,20+/m0/s1. The third-order valence-corrected chi connectivity index (χ3v) is 5.13. The van der Waals surface area contributed by atoms with E-state index in [0.29, 0.717) is 13.0 Å². The van der Waals surface area contributed by atoms with Crippen molar-refractivity contribution < 1.29 is 14.3 Å². The second-order valence-electron chi connectivity index (χ2n) is 6.94. The summed E-state index contributed by atoms with van der Waals surface area (Å²) in [7, 11) is 1.40. The molecular weight excluding hydrogens is 326 g/mol. The molecule has 1 saturated heterocycles. The van der Waals surface area contributed by atoms with Crippen molar-refractivity contribution in [2.45, 2.75) is 32.2 Å². The van der Waals surface area contributed by atoms with Crippen molar-refractivity contribution in [3.63, 3.8) is 0 Å². The van der Waals surface area contributed by atoms with Gasteiger partial charge >= 0.3 is 5.97 Å². The van der Waals surface area contributed by atoms with Gasteiger partial charge in [-0.1, -0.05) is 54.6 Å². The molecule has 0 N–H and O–H groups in total. The Morgan fingerprint density at radius 3 is 2.50 bits per heavy atom. The normalized spacial score (nSPS) is 19.8. The molecule has 3 rings (SSSR count). The van der Waals surface area contributed by atoms with Crippen LogP contribution in [0.5, 0.6) is 0 Å². The minimum absolute atomic E-state index is 0.0660. The van der Waals surface area contributed by atoms with Crippen molar-refractivity contribution in [2.75, 3.05) is 13.7 Å². The van der Waals surface area contributed by atoms with Gasteiger partial charge in [0.25, 0.3) is 0 Å². The van der Waals surface area contributed by atoms with E-state index >= 15 is 0 Å². The molecule has 1 amide bonds. The Kier molecular flexibility index (Phi) is 5.71. The van der Waals surface area contributed by atoms with E-state index in [0.717, 1.165) is 29.5 Å². The Morgan fingerprint density at radius 1 is 1.04 bits per heavy atom. The molecule has 1 aliphatic rings. The van der Waals surface area contributed by atoms with Crippen LogP contribution in [0.15, 0.2) is 54.6 Å². The topological polar surface area (TPSA) is 46.6 Å². The van der Waals surface area contributed by atoms with Crippen LogP contribution in [0, 0.1) is 5.92 Å². The van der Waals surface area contributed by atoms with E-state index in [-0.39, 0.29) is 23.8 Å². The molecular formula is C22H25NO3. The third-order valence-electron chi connectivity index (χ3n) is 5.13. The molecule has 0 bridgehead atoms. The summed E-state index contributed by atoms with van der Waals surface area (Å²) in [6.07, 6.45) is 1.95. The van der Waals surface area contributed by atoms with Crippen molar-refractivity contribution in [3.05, 3.63) is 60.2 Å². The SMILES string of the molecule is COC(=O)[C@@H]1CC[C@H](C)N(C(=O)Cc2cccc(-c3ccccc3)c2)C1. The maximum Gasteiger partial charge on any atom is 0.310 e. The second-order valence-corrected chi connectivity index (χ2v) is 6.94. The van der Waals surface area contributed by atoms with Gasteiger partial charge in [0.2, 0.25) is 5.91 Å². The van der Waals surface area contributed by atoms with Gasteiger partial charge < -0.3 is 9.64 Å². The Balaban J connectivity index is 1.72. The fourth-order valence-electron chi connectivity index (χ4n) is 3.58. The van der Waals surface area contributed by atoms with E-state index in [2.05, 4.69) is 24.3 Å². The number of likely N-dealkylation sites (tertiary alicyclic amines) is 1. The molecule has 0 saturated carbocycles. The number of amides is 1. The summed E-state index contributed by atoms with van der Waals surface area (Å²) in [6.45, 7) is 2.50. The van der Waals surface area contributed by atoms with Gasteiger partial charge in [0, 0.05) is 12.6 Å². The molecule has 0 unspecified atom stereocenters. The maximum absolute atomic E-state index is 12.9. The monoisotopic (exact) mass is 351 g/mol. The molecule has 4 heteroatoms. The number of benzene rings is 2. The van der Waals surface area contributed by atoms with Crippen molar-refractivity contribution in [3.8, 4) is 11.1 Å². The molecule has 2 atom stereocenters. The number of piperidine rings is 1. The van der Waals surface area contributed by atoms with Crippen LogP contribution in [0.25, 0.3) is 11.1 Å². The van der Waals surface area contributed by atoms with Crippen LogP contribution in [0.3, 0.4) is 0 Å². The van der Waals surface area contributed by atoms with Crippen LogP contribution >= 0.6 is 0 Å². The predicted molar refractivity (Wildman–Crippen MR) is 101 cm³/mol. The summed E-state index contributed by atoms with van der Waals surface area (Å²) in [5.74, 6) is -0.368. The van der Waals surface area contributed by atoms with Gasteiger partial charge in [0.15, 0.2) is 0 Å². The fourth-order valence-corrected chi connectivity index (χ4v) is 3.58. The van der Waals surface area contributed by atoms with Crippen molar-refractivity contribution in [1.82, 2.24) is 4.90 Å². The van der Waals surface area contributed by atoms with Crippen LogP contribution in [0.1, 0.15) is 25.3 Å². The Hall–Kier alpha value is -2.62. The van der Waals surface area contributed by atoms with Gasteiger partial charge in [-0.3, -0.25) is 9.59 Å². The lowest BCUT2D eigenvalue weighted by molar-refractivity contribution is -0.150. The number of nitrogens with zero attached hydrogens (tertiary/aromatic N) is 1. The average molecular weight is 351 g/mol. The maximum atomic E-state index is 12.9. The van der Waals surface area contributed by atoms with Crippen LogP contribution in [0.2, 0.25) is 0 Å². The number of hydrogen-bond donors (Lipinski definition) is 0. The van der Waals surface area contributed by atoms with E-state index in [1.807, 2.05) is 42.2 Å². The van der Waals surface area contributed by atoms with Crippen LogP contribution in [-0.2, 0) is 20.7 Å². The lowest BCUT2D eigenvalue weighted by atomic mass is 9.92. The number of ether oxygens (including phenoxy) is 1. The van der Waals surface area contributed by atoms with E-state index in [1.54, 1.807) is 0 Å². The predicted octanol–water partition coefficient (Wildman–Crippen LogP) is 3.70. The Morgan fingerprint density at radius 2 is 1.77 bits per heavy atom. The van der Waals surface area contributed by atoms with Crippen molar-refractivity contribution in [2.24, 2.45) is 5.92 Å². The van der Waals surface area contributed by atoms with Gasteiger partial charge in [0.05, 0.1) is 19.4 Å². The molecule has 1 aliphatic heterocycles. The highest BCUT2D eigenvalue weighted by molar-refractivity contribution is 5.81. The summed E-state index contributed by atoms with van der Waals surface area (Å²) in [4.78, 5) is 26.5. The molecule has 4 nitrogen and oxygen atoms in total. The van der Waals surface area contributed by atoms with E-state index in [1.165, 1.54) is 7.11 Å². The molecule has 136 valence electrons. The largest absolute Gasteiger partial charge is 0.469 e. The molecule has 0 aliphatic carbocycles. The molecule has 0 spiro atoms. The lowest BCUT2D eigenvalue weighted by Crippen LogP contribution is -2.48. The third kappa shape index (κ3) is 4.13. The summed E-state index contributed by atoms with van der Waals surface area (Å²) in [6, 6.07) is 18.4. The minimum atomic E-state index is -0.222. The van der Waals surface area contributed by atoms with Gasteiger partial charge in [-0.05, 0) is 36.5 Å². The minimum Gasteiger partial charge on any atom is -0.469 e. The lowest BCUT2D eigenvalue weighted by Gasteiger charge is -2.37. The van der Waals surface area contributed by atoms with Crippen molar-refractivity contribution >= 4 is 11.9 Å².